The van der Waals surface area contributed by atoms with E-state index in [0.29, 0.717) is 13.2 Å². The summed E-state index contributed by atoms with van der Waals surface area (Å²) in [5.74, 6) is 3.77. The number of fused-ring (bicyclic) bond motifs is 2. The van der Waals surface area contributed by atoms with Crippen molar-refractivity contribution in [2.75, 3.05) is 57.9 Å². The fraction of sp³-hybridized carbons (Fsp3) is 0.739. The molecule has 5 heteroatoms. The predicted octanol–water partition coefficient (Wildman–Crippen LogP) is 3.02. The van der Waals surface area contributed by atoms with Gasteiger partial charge in [-0.1, -0.05) is 6.42 Å². The highest BCUT2D eigenvalue weighted by atomic mass is 16.5. The van der Waals surface area contributed by atoms with Crippen LogP contribution in [-0.4, -0.2) is 69.2 Å². The van der Waals surface area contributed by atoms with Gasteiger partial charge in [-0.2, -0.15) is 0 Å². The number of piperazine rings is 1. The summed E-state index contributed by atoms with van der Waals surface area (Å²) < 4.78 is 11.1. The predicted molar refractivity (Wildman–Crippen MR) is 112 cm³/mol. The van der Waals surface area contributed by atoms with Gasteiger partial charge in [-0.3, -0.25) is 4.90 Å². The molecule has 1 saturated heterocycles. The van der Waals surface area contributed by atoms with Gasteiger partial charge in [-0.15, -0.1) is 0 Å². The Balaban J connectivity index is 1.10. The van der Waals surface area contributed by atoms with Crippen molar-refractivity contribution in [3.8, 4) is 5.75 Å². The minimum atomic E-state index is -0.382. The number of ether oxygens (including phenoxy) is 2. The molecule has 2 aliphatic carbocycles. The summed E-state index contributed by atoms with van der Waals surface area (Å²) >= 11 is 0. The van der Waals surface area contributed by atoms with E-state index in [9.17, 15) is 5.11 Å². The summed E-state index contributed by atoms with van der Waals surface area (Å²) in [6.07, 6.45) is 6.61. The number of β-amino-alcohol motifs (C(OH)–C–C–N with tert-alkyl or cyclic N) is 1. The van der Waals surface area contributed by atoms with Crippen molar-refractivity contribution in [1.82, 2.24) is 4.90 Å². The molecule has 4 atom stereocenters. The van der Waals surface area contributed by atoms with Crippen LogP contribution in [0.5, 0.6) is 5.75 Å². The van der Waals surface area contributed by atoms with E-state index < -0.39 is 0 Å². The first-order chi connectivity index (χ1) is 13.7. The lowest BCUT2D eigenvalue weighted by atomic mass is 9.87. The van der Waals surface area contributed by atoms with Crippen molar-refractivity contribution in [2.45, 2.75) is 38.2 Å². The first kappa shape index (κ1) is 20.0. The van der Waals surface area contributed by atoms with Crippen LogP contribution in [-0.2, 0) is 4.74 Å². The zero-order valence-corrected chi connectivity index (χ0v) is 17.3. The summed E-state index contributed by atoms with van der Waals surface area (Å²) in [6.45, 7) is 5.94. The number of hydrogen-bond acceptors (Lipinski definition) is 5. The van der Waals surface area contributed by atoms with E-state index in [1.54, 1.807) is 7.11 Å². The Bertz CT molecular complexity index is 600. The van der Waals surface area contributed by atoms with E-state index >= 15 is 0 Å². The molecular weight excluding hydrogens is 352 g/mol. The Morgan fingerprint density at radius 1 is 1.07 bits per heavy atom. The summed E-state index contributed by atoms with van der Waals surface area (Å²) in [5.41, 5.74) is 1.24. The number of benzene rings is 1. The standard InChI is InChI=1S/C23H36N2O3/c1-27-23-6-4-21(5-7-23)25-11-9-24(10-12-25)16-22(26)17-28-13-8-20-15-18-2-3-19(20)14-18/h4-7,18-20,22,26H,2-3,8-17H2,1H3/t18-,19-,20-,22+/m0/s1. The Labute approximate surface area is 169 Å². The summed E-state index contributed by atoms with van der Waals surface area (Å²) in [6, 6.07) is 8.26. The second kappa shape index (κ2) is 9.47. The molecule has 3 fully saturated rings. The van der Waals surface area contributed by atoms with Gasteiger partial charge in [0.2, 0.25) is 0 Å². The first-order valence-electron chi connectivity index (χ1n) is 11.1. The number of methoxy groups -OCH3 is 1. The minimum Gasteiger partial charge on any atom is -0.497 e. The molecule has 2 bridgehead atoms. The maximum atomic E-state index is 10.3. The molecule has 1 heterocycles. The van der Waals surface area contributed by atoms with E-state index in [2.05, 4.69) is 21.9 Å². The van der Waals surface area contributed by atoms with Gasteiger partial charge in [-0.05, 0) is 67.7 Å². The van der Waals surface area contributed by atoms with Crippen molar-refractivity contribution < 1.29 is 14.6 Å². The third-order valence-electron chi connectivity index (χ3n) is 7.11. The lowest BCUT2D eigenvalue weighted by Gasteiger charge is -2.37. The van der Waals surface area contributed by atoms with Gasteiger partial charge in [0.25, 0.3) is 0 Å². The van der Waals surface area contributed by atoms with Crippen LogP contribution in [0.2, 0.25) is 0 Å². The molecule has 0 amide bonds. The number of rotatable bonds is 9. The monoisotopic (exact) mass is 388 g/mol. The minimum absolute atomic E-state index is 0.382. The second-order valence-corrected chi connectivity index (χ2v) is 8.94. The lowest BCUT2D eigenvalue weighted by Crippen LogP contribution is -2.49. The van der Waals surface area contributed by atoms with Gasteiger partial charge in [-0.25, -0.2) is 0 Å². The number of nitrogens with zero attached hydrogens (tertiary/aromatic N) is 2. The fourth-order valence-corrected chi connectivity index (χ4v) is 5.52. The van der Waals surface area contributed by atoms with Gasteiger partial charge in [0.1, 0.15) is 5.75 Å². The van der Waals surface area contributed by atoms with Gasteiger partial charge in [0.15, 0.2) is 0 Å². The van der Waals surface area contributed by atoms with Crippen LogP contribution in [0, 0.1) is 17.8 Å². The Morgan fingerprint density at radius 2 is 1.86 bits per heavy atom. The quantitative estimate of drug-likeness (QED) is 0.659. The van der Waals surface area contributed by atoms with Crippen LogP contribution in [0.15, 0.2) is 24.3 Å². The van der Waals surface area contributed by atoms with E-state index in [1.807, 2.05) is 12.1 Å². The molecule has 0 unspecified atom stereocenters. The Kier molecular flexibility index (Phi) is 6.76. The van der Waals surface area contributed by atoms with Gasteiger partial charge in [0.05, 0.1) is 19.8 Å². The summed E-state index contributed by atoms with van der Waals surface area (Å²) in [4.78, 5) is 4.75. The van der Waals surface area contributed by atoms with Crippen LogP contribution in [0.3, 0.4) is 0 Å². The average Bonchev–Trinajstić information content (AvgIpc) is 3.35. The van der Waals surface area contributed by atoms with Crippen LogP contribution in [0.25, 0.3) is 0 Å². The van der Waals surface area contributed by atoms with Crippen LogP contribution >= 0.6 is 0 Å². The van der Waals surface area contributed by atoms with Gasteiger partial charge in [0, 0.05) is 45.0 Å². The molecule has 156 valence electrons. The smallest absolute Gasteiger partial charge is 0.119 e. The summed E-state index contributed by atoms with van der Waals surface area (Å²) in [7, 11) is 1.70. The molecule has 1 aliphatic heterocycles. The Morgan fingerprint density at radius 3 is 2.50 bits per heavy atom. The van der Waals surface area contributed by atoms with Gasteiger partial charge < -0.3 is 19.5 Å². The topological polar surface area (TPSA) is 45.2 Å². The molecule has 1 aromatic carbocycles. The molecule has 3 aliphatic rings. The van der Waals surface area contributed by atoms with Gasteiger partial charge >= 0.3 is 0 Å². The molecule has 4 rings (SSSR count). The number of aliphatic hydroxyl groups excluding tert-OH is 1. The molecule has 28 heavy (non-hydrogen) atoms. The highest BCUT2D eigenvalue weighted by Gasteiger charge is 2.38. The number of hydrogen-bond donors (Lipinski definition) is 1. The highest BCUT2D eigenvalue weighted by Crippen LogP contribution is 2.49. The van der Waals surface area contributed by atoms with Crippen LogP contribution in [0.1, 0.15) is 32.1 Å². The molecule has 1 N–H and O–H groups in total. The van der Waals surface area contributed by atoms with Crippen molar-refractivity contribution in [2.24, 2.45) is 17.8 Å². The van der Waals surface area contributed by atoms with Crippen molar-refractivity contribution in [1.29, 1.82) is 0 Å². The van der Waals surface area contributed by atoms with E-state index in [1.165, 1.54) is 37.8 Å². The SMILES string of the molecule is COc1ccc(N2CCN(C[C@@H](O)COCC[C@H]3C[C@H]4CC[C@H]3C4)CC2)cc1. The maximum absolute atomic E-state index is 10.3. The van der Waals surface area contributed by atoms with E-state index in [0.717, 1.165) is 56.3 Å². The lowest BCUT2D eigenvalue weighted by molar-refractivity contribution is 0.0100. The summed E-state index contributed by atoms with van der Waals surface area (Å²) in [5, 5.41) is 10.3. The molecule has 0 radical (unpaired) electrons. The van der Waals surface area contributed by atoms with E-state index in [4.69, 9.17) is 9.47 Å². The molecule has 0 spiro atoms. The zero-order chi connectivity index (χ0) is 19.3. The normalized spacial score (nSPS) is 28.6. The van der Waals surface area contributed by atoms with Crippen molar-refractivity contribution in [3.05, 3.63) is 24.3 Å². The number of aliphatic hydroxyl groups is 1. The Hall–Kier alpha value is -1.30. The van der Waals surface area contributed by atoms with Crippen LogP contribution in [0.4, 0.5) is 5.69 Å². The van der Waals surface area contributed by atoms with Crippen molar-refractivity contribution >= 4 is 5.69 Å². The molecule has 2 saturated carbocycles. The van der Waals surface area contributed by atoms with Crippen molar-refractivity contribution in [3.63, 3.8) is 0 Å². The molecular formula is C23H36N2O3. The average molecular weight is 389 g/mol. The molecule has 1 aromatic rings. The zero-order valence-electron chi connectivity index (χ0n) is 17.3. The second-order valence-electron chi connectivity index (χ2n) is 8.94. The fourth-order valence-electron chi connectivity index (χ4n) is 5.52. The number of anilines is 1. The van der Waals surface area contributed by atoms with E-state index in [-0.39, 0.29) is 6.10 Å². The third kappa shape index (κ3) is 5.00. The maximum Gasteiger partial charge on any atom is 0.119 e. The molecule has 0 aromatic heterocycles. The molecule has 5 nitrogen and oxygen atoms in total. The van der Waals surface area contributed by atoms with Crippen LogP contribution < -0.4 is 9.64 Å². The highest BCUT2D eigenvalue weighted by molar-refractivity contribution is 5.49. The largest absolute Gasteiger partial charge is 0.497 e. The third-order valence-corrected chi connectivity index (χ3v) is 7.11. The first-order valence-corrected chi connectivity index (χ1v) is 11.1.